The number of carbonyl (C=O) groups is 1. The van der Waals surface area contributed by atoms with Crippen molar-refractivity contribution in [1.82, 2.24) is 4.90 Å². The fourth-order valence-corrected chi connectivity index (χ4v) is 2.13. The summed E-state index contributed by atoms with van der Waals surface area (Å²) in [6.45, 7) is 8.16. The molecule has 88 valence electrons. The van der Waals surface area contributed by atoms with Gasteiger partial charge in [0.25, 0.3) is 5.91 Å². The van der Waals surface area contributed by atoms with Crippen LogP contribution in [0.3, 0.4) is 0 Å². The summed E-state index contributed by atoms with van der Waals surface area (Å²) in [5.74, 6) is 0.473. The lowest BCUT2D eigenvalue weighted by Crippen LogP contribution is -3.17. The van der Waals surface area contributed by atoms with Crippen molar-refractivity contribution in [3.8, 4) is 0 Å². The molecule has 0 spiro atoms. The van der Waals surface area contributed by atoms with Crippen molar-refractivity contribution in [3.63, 3.8) is 0 Å². The van der Waals surface area contributed by atoms with Crippen molar-refractivity contribution in [1.29, 1.82) is 0 Å². The van der Waals surface area contributed by atoms with Gasteiger partial charge in [0.05, 0.1) is 38.5 Å². The van der Waals surface area contributed by atoms with Gasteiger partial charge in [-0.3, -0.25) is 4.79 Å². The first-order chi connectivity index (χ1) is 7.68. The molecule has 1 saturated heterocycles. The Morgan fingerprint density at radius 3 is 2.62 bits per heavy atom. The van der Waals surface area contributed by atoms with Crippen molar-refractivity contribution in [2.24, 2.45) is 0 Å². The minimum Gasteiger partial charge on any atom is -0.459 e. The van der Waals surface area contributed by atoms with Crippen molar-refractivity contribution in [2.45, 2.75) is 19.9 Å². The first-order valence-corrected chi connectivity index (χ1v) is 5.86. The molecule has 0 bridgehead atoms. The van der Waals surface area contributed by atoms with Crippen LogP contribution in [0.5, 0.6) is 0 Å². The molecule has 0 aromatic carbocycles. The molecular weight excluding hydrogens is 204 g/mol. The van der Waals surface area contributed by atoms with E-state index in [-0.39, 0.29) is 5.91 Å². The zero-order valence-electron chi connectivity index (χ0n) is 9.90. The maximum Gasteiger partial charge on any atom is 0.289 e. The van der Waals surface area contributed by atoms with Crippen LogP contribution in [-0.2, 0) is 0 Å². The Balaban J connectivity index is 1.92. The largest absolute Gasteiger partial charge is 0.459 e. The molecule has 0 aliphatic carbocycles. The van der Waals surface area contributed by atoms with Gasteiger partial charge in [0, 0.05) is 0 Å². The lowest BCUT2D eigenvalue weighted by atomic mass is 10.2. The fourth-order valence-electron chi connectivity index (χ4n) is 2.13. The van der Waals surface area contributed by atoms with Crippen LogP contribution < -0.4 is 4.90 Å². The Bertz CT molecular complexity index is 338. The molecule has 1 fully saturated rings. The van der Waals surface area contributed by atoms with E-state index in [2.05, 4.69) is 13.8 Å². The molecule has 1 N–H and O–H groups in total. The molecule has 1 aromatic heterocycles. The first-order valence-electron chi connectivity index (χ1n) is 5.86. The highest BCUT2D eigenvalue weighted by Gasteiger charge is 2.26. The highest BCUT2D eigenvalue weighted by atomic mass is 16.3. The predicted octanol–water partition coefficient (Wildman–Crippen LogP) is 0.0287. The van der Waals surface area contributed by atoms with Gasteiger partial charge in [0.1, 0.15) is 0 Å². The Hall–Kier alpha value is -1.29. The monoisotopic (exact) mass is 223 g/mol. The summed E-state index contributed by atoms with van der Waals surface area (Å²) in [7, 11) is 0. The molecule has 2 heterocycles. The minimum atomic E-state index is 0.0211. The van der Waals surface area contributed by atoms with Crippen molar-refractivity contribution in [3.05, 3.63) is 24.2 Å². The van der Waals surface area contributed by atoms with Gasteiger partial charge >= 0.3 is 0 Å². The summed E-state index contributed by atoms with van der Waals surface area (Å²) in [4.78, 5) is 15.4. The first kappa shape index (κ1) is 11.2. The van der Waals surface area contributed by atoms with E-state index in [1.807, 2.05) is 4.90 Å². The van der Waals surface area contributed by atoms with Crippen LogP contribution in [0.25, 0.3) is 0 Å². The highest BCUT2D eigenvalue weighted by molar-refractivity contribution is 5.91. The number of nitrogens with zero attached hydrogens (tertiary/aromatic N) is 1. The number of carbonyl (C=O) groups excluding carboxylic acids is 1. The van der Waals surface area contributed by atoms with Gasteiger partial charge in [0.2, 0.25) is 0 Å². The third-order valence-corrected chi connectivity index (χ3v) is 3.24. The average Bonchev–Trinajstić information content (AvgIpc) is 2.81. The van der Waals surface area contributed by atoms with Crippen LogP contribution in [0.4, 0.5) is 0 Å². The molecule has 4 nitrogen and oxygen atoms in total. The highest BCUT2D eigenvalue weighted by Crippen LogP contribution is 2.05. The standard InChI is InChI=1S/C12H18N2O2/c1-10(2)13-5-7-14(8-6-13)12(15)11-4-3-9-16-11/h3-4,9-10H,5-8H2,1-2H3/p+1. The van der Waals surface area contributed by atoms with Gasteiger partial charge in [-0.05, 0) is 26.0 Å². The van der Waals surface area contributed by atoms with Gasteiger partial charge in [0.15, 0.2) is 5.76 Å². The van der Waals surface area contributed by atoms with Crippen molar-refractivity contribution in [2.75, 3.05) is 26.2 Å². The zero-order chi connectivity index (χ0) is 11.5. The van der Waals surface area contributed by atoms with Gasteiger partial charge in [-0.2, -0.15) is 0 Å². The van der Waals surface area contributed by atoms with Crippen LogP contribution in [0.1, 0.15) is 24.4 Å². The number of nitrogens with one attached hydrogen (secondary N) is 1. The number of piperazine rings is 1. The van der Waals surface area contributed by atoms with E-state index in [1.54, 1.807) is 23.3 Å². The third kappa shape index (κ3) is 2.27. The normalized spacial score (nSPS) is 18.1. The quantitative estimate of drug-likeness (QED) is 0.768. The van der Waals surface area contributed by atoms with E-state index in [0.717, 1.165) is 26.2 Å². The third-order valence-electron chi connectivity index (χ3n) is 3.24. The van der Waals surface area contributed by atoms with Gasteiger partial charge in [-0.15, -0.1) is 0 Å². The molecule has 1 aliphatic rings. The molecule has 0 atom stereocenters. The molecule has 0 saturated carbocycles. The Kier molecular flexibility index (Phi) is 3.29. The van der Waals surface area contributed by atoms with E-state index < -0.39 is 0 Å². The summed E-state index contributed by atoms with van der Waals surface area (Å²) in [5.41, 5.74) is 0. The summed E-state index contributed by atoms with van der Waals surface area (Å²) in [6, 6.07) is 4.12. The van der Waals surface area contributed by atoms with Crippen LogP contribution in [0, 0.1) is 0 Å². The Morgan fingerprint density at radius 2 is 2.12 bits per heavy atom. The minimum absolute atomic E-state index is 0.0211. The van der Waals surface area contributed by atoms with E-state index >= 15 is 0 Å². The Morgan fingerprint density at radius 1 is 1.44 bits per heavy atom. The number of rotatable bonds is 2. The molecular formula is C12H19N2O2+. The predicted molar refractivity (Wildman–Crippen MR) is 60.4 cm³/mol. The molecule has 16 heavy (non-hydrogen) atoms. The number of furan rings is 1. The van der Waals surface area contributed by atoms with Gasteiger partial charge in [-0.1, -0.05) is 0 Å². The van der Waals surface area contributed by atoms with E-state index in [9.17, 15) is 4.79 Å². The summed E-state index contributed by atoms with van der Waals surface area (Å²) in [6.07, 6.45) is 1.54. The summed E-state index contributed by atoms with van der Waals surface area (Å²) >= 11 is 0. The maximum atomic E-state index is 12.0. The van der Waals surface area contributed by atoms with E-state index in [0.29, 0.717) is 11.8 Å². The fraction of sp³-hybridized carbons (Fsp3) is 0.583. The SMILES string of the molecule is CC(C)[NH+]1CCN(C(=O)c2ccco2)CC1. The lowest BCUT2D eigenvalue weighted by Gasteiger charge is -2.33. The second-order valence-corrected chi connectivity index (χ2v) is 4.58. The van der Waals surface area contributed by atoms with Crippen LogP contribution >= 0.6 is 0 Å². The second-order valence-electron chi connectivity index (χ2n) is 4.58. The van der Waals surface area contributed by atoms with Crippen LogP contribution in [-0.4, -0.2) is 43.0 Å². The van der Waals surface area contributed by atoms with Gasteiger partial charge in [-0.25, -0.2) is 0 Å². The molecule has 0 radical (unpaired) electrons. The topological polar surface area (TPSA) is 37.9 Å². The second kappa shape index (κ2) is 4.70. The van der Waals surface area contributed by atoms with E-state index in [4.69, 9.17) is 4.42 Å². The Labute approximate surface area is 95.8 Å². The summed E-state index contributed by atoms with van der Waals surface area (Å²) < 4.78 is 5.12. The average molecular weight is 223 g/mol. The molecule has 4 heteroatoms. The number of hydrogen-bond donors (Lipinski definition) is 1. The van der Waals surface area contributed by atoms with Crippen LogP contribution in [0.15, 0.2) is 22.8 Å². The van der Waals surface area contributed by atoms with Gasteiger partial charge < -0.3 is 14.2 Å². The smallest absolute Gasteiger partial charge is 0.289 e. The maximum absolute atomic E-state index is 12.0. The van der Waals surface area contributed by atoms with Crippen molar-refractivity contribution < 1.29 is 14.1 Å². The molecule has 1 aliphatic heterocycles. The summed E-state index contributed by atoms with van der Waals surface area (Å²) in [5, 5.41) is 0. The number of hydrogen-bond acceptors (Lipinski definition) is 2. The molecule has 1 aromatic rings. The molecule has 1 amide bonds. The van der Waals surface area contributed by atoms with E-state index in [1.165, 1.54) is 0 Å². The molecule has 0 unspecified atom stereocenters. The zero-order valence-corrected chi connectivity index (χ0v) is 9.90. The molecule has 2 rings (SSSR count). The van der Waals surface area contributed by atoms with Crippen LogP contribution in [0.2, 0.25) is 0 Å². The number of amides is 1. The van der Waals surface area contributed by atoms with Crippen molar-refractivity contribution >= 4 is 5.91 Å². The lowest BCUT2D eigenvalue weighted by molar-refractivity contribution is -0.925. The number of quaternary nitrogens is 1.